The Balaban J connectivity index is 1.92. The number of rotatable bonds is 5. The number of halogens is 6. The molecule has 1 aromatic heterocycles. The number of likely N-dealkylation sites (N-methyl/N-ethyl adjacent to an activating group) is 1. The maximum absolute atomic E-state index is 13.1. The molecule has 2 aromatic rings. The van der Waals surface area contributed by atoms with Gasteiger partial charge < -0.3 is 10.1 Å². The van der Waals surface area contributed by atoms with Crippen molar-refractivity contribution in [3.63, 3.8) is 0 Å². The number of benzene rings is 1. The molecule has 1 aliphatic carbocycles. The van der Waals surface area contributed by atoms with Crippen molar-refractivity contribution in [2.45, 2.75) is 31.2 Å². The Kier molecular flexibility index (Phi) is 5.07. The van der Waals surface area contributed by atoms with Gasteiger partial charge in [0.05, 0.1) is 22.9 Å². The van der Waals surface area contributed by atoms with Crippen LogP contribution >= 0.6 is 0 Å². The highest BCUT2D eigenvalue weighted by Crippen LogP contribution is 2.43. The SMILES string of the molecule is CN[C@@]1(COc2cncc(-c3cc(C(F)(F)F)cc(C(F)(F)F)c3)c2)C[C@H]1C. The van der Waals surface area contributed by atoms with Crippen LogP contribution in [0, 0.1) is 5.92 Å². The maximum atomic E-state index is 13.1. The molecule has 0 amide bonds. The Bertz CT molecular complexity index is 828. The Morgan fingerprint density at radius 2 is 1.57 bits per heavy atom. The minimum atomic E-state index is -4.90. The van der Waals surface area contributed by atoms with Gasteiger partial charge in [0.25, 0.3) is 0 Å². The van der Waals surface area contributed by atoms with Crippen molar-refractivity contribution < 1.29 is 31.1 Å². The third kappa shape index (κ3) is 4.24. The van der Waals surface area contributed by atoms with E-state index in [2.05, 4.69) is 17.2 Å². The molecule has 1 heterocycles. The van der Waals surface area contributed by atoms with E-state index < -0.39 is 23.5 Å². The zero-order chi connectivity index (χ0) is 20.7. The molecule has 0 aliphatic heterocycles. The molecule has 3 rings (SSSR count). The Labute approximate surface area is 157 Å². The van der Waals surface area contributed by atoms with Crippen molar-refractivity contribution in [1.29, 1.82) is 0 Å². The summed E-state index contributed by atoms with van der Waals surface area (Å²) in [6.45, 7) is 2.38. The molecule has 2 atom stereocenters. The summed E-state index contributed by atoms with van der Waals surface area (Å²) >= 11 is 0. The Morgan fingerprint density at radius 3 is 2.04 bits per heavy atom. The average molecular weight is 404 g/mol. The van der Waals surface area contributed by atoms with E-state index in [1.54, 1.807) is 0 Å². The van der Waals surface area contributed by atoms with Gasteiger partial charge >= 0.3 is 12.4 Å². The molecule has 0 spiro atoms. The van der Waals surface area contributed by atoms with Crippen LogP contribution in [0.5, 0.6) is 5.75 Å². The van der Waals surface area contributed by atoms with Crippen LogP contribution < -0.4 is 10.1 Å². The normalized spacial score (nSPS) is 22.2. The van der Waals surface area contributed by atoms with Crippen molar-refractivity contribution in [3.05, 3.63) is 47.8 Å². The molecule has 1 fully saturated rings. The molecule has 0 saturated heterocycles. The predicted molar refractivity (Wildman–Crippen MR) is 90.7 cm³/mol. The Hall–Kier alpha value is -2.29. The number of aromatic nitrogens is 1. The number of ether oxygens (including phenoxy) is 1. The highest BCUT2D eigenvalue weighted by atomic mass is 19.4. The van der Waals surface area contributed by atoms with Crippen LogP contribution in [0.4, 0.5) is 26.3 Å². The lowest BCUT2D eigenvalue weighted by Crippen LogP contribution is -2.36. The van der Waals surface area contributed by atoms with Gasteiger partial charge in [-0.3, -0.25) is 4.98 Å². The average Bonchev–Trinajstić information content (AvgIpc) is 3.29. The van der Waals surface area contributed by atoms with Crippen LogP contribution in [-0.2, 0) is 12.4 Å². The van der Waals surface area contributed by atoms with Gasteiger partial charge in [-0.15, -0.1) is 0 Å². The highest BCUT2D eigenvalue weighted by Gasteiger charge is 2.50. The first-order valence-electron chi connectivity index (χ1n) is 8.51. The molecule has 0 unspecified atom stereocenters. The number of pyridine rings is 1. The molecule has 1 aromatic carbocycles. The number of nitrogens with zero attached hydrogens (tertiary/aromatic N) is 1. The summed E-state index contributed by atoms with van der Waals surface area (Å²) in [4.78, 5) is 3.90. The second-order valence-corrected chi connectivity index (χ2v) is 7.00. The molecule has 28 heavy (non-hydrogen) atoms. The summed E-state index contributed by atoms with van der Waals surface area (Å²) in [5, 5.41) is 3.17. The zero-order valence-corrected chi connectivity index (χ0v) is 15.1. The largest absolute Gasteiger partial charge is 0.490 e. The molecule has 9 heteroatoms. The van der Waals surface area contributed by atoms with Crippen LogP contribution in [0.2, 0.25) is 0 Å². The van der Waals surface area contributed by atoms with Crippen LogP contribution in [0.1, 0.15) is 24.5 Å². The van der Waals surface area contributed by atoms with E-state index in [1.165, 1.54) is 18.5 Å². The smallest absolute Gasteiger partial charge is 0.416 e. The lowest BCUT2D eigenvalue weighted by Gasteiger charge is -2.17. The summed E-state index contributed by atoms with van der Waals surface area (Å²) in [7, 11) is 1.81. The second-order valence-electron chi connectivity index (χ2n) is 7.00. The van der Waals surface area contributed by atoms with E-state index in [9.17, 15) is 26.3 Å². The third-order valence-electron chi connectivity index (χ3n) is 5.08. The molecule has 1 N–H and O–H groups in total. The summed E-state index contributed by atoms with van der Waals surface area (Å²) in [5.41, 5.74) is -3.04. The van der Waals surface area contributed by atoms with Crippen molar-refractivity contribution in [2.75, 3.05) is 13.7 Å². The first-order valence-corrected chi connectivity index (χ1v) is 8.51. The van der Waals surface area contributed by atoms with Crippen LogP contribution in [0.15, 0.2) is 36.7 Å². The van der Waals surface area contributed by atoms with Crippen molar-refractivity contribution >= 4 is 0 Å². The first kappa shape index (κ1) is 20.4. The molecule has 152 valence electrons. The first-order chi connectivity index (χ1) is 12.9. The molecule has 0 bridgehead atoms. The molecular weight excluding hydrogens is 386 g/mol. The van der Waals surface area contributed by atoms with Gasteiger partial charge in [0.2, 0.25) is 0 Å². The van der Waals surface area contributed by atoms with Gasteiger partial charge in [-0.05, 0) is 49.2 Å². The predicted octanol–water partition coefficient (Wildman–Crippen LogP) is 5.16. The lowest BCUT2D eigenvalue weighted by molar-refractivity contribution is -0.143. The maximum Gasteiger partial charge on any atom is 0.416 e. The van der Waals surface area contributed by atoms with Gasteiger partial charge in [-0.1, -0.05) is 6.92 Å². The molecular formula is C19H18F6N2O. The highest BCUT2D eigenvalue weighted by molar-refractivity contribution is 5.66. The van der Waals surface area contributed by atoms with Crippen LogP contribution in [-0.4, -0.2) is 24.2 Å². The lowest BCUT2D eigenvalue weighted by atomic mass is 10.00. The van der Waals surface area contributed by atoms with Gasteiger partial charge in [0.15, 0.2) is 0 Å². The molecule has 3 nitrogen and oxygen atoms in total. The fourth-order valence-corrected chi connectivity index (χ4v) is 3.10. The van der Waals surface area contributed by atoms with E-state index in [0.717, 1.165) is 6.42 Å². The second kappa shape index (κ2) is 6.95. The molecule has 1 saturated carbocycles. The van der Waals surface area contributed by atoms with Crippen molar-refractivity contribution in [2.24, 2.45) is 5.92 Å². The molecule has 1 aliphatic rings. The quantitative estimate of drug-likeness (QED) is 0.699. The van der Waals surface area contributed by atoms with Gasteiger partial charge in [0.1, 0.15) is 12.4 Å². The summed E-state index contributed by atoms with van der Waals surface area (Å²) in [6.07, 6.45) is -6.31. The monoisotopic (exact) mass is 404 g/mol. The van der Waals surface area contributed by atoms with Crippen molar-refractivity contribution in [3.8, 4) is 16.9 Å². The summed E-state index contributed by atoms with van der Waals surface area (Å²) < 4.78 is 84.0. The fraction of sp³-hybridized carbons (Fsp3) is 0.421. The van der Waals surface area contributed by atoms with Gasteiger partial charge in [0, 0.05) is 11.8 Å². The molecule has 0 radical (unpaired) electrons. The van der Waals surface area contributed by atoms with Gasteiger partial charge in [-0.2, -0.15) is 26.3 Å². The van der Waals surface area contributed by atoms with Crippen LogP contribution in [0.3, 0.4) is 0 Å². The van der Waals surface area contributed by atoms with Crippen LogP contribution in [0.25, 0.3) is 11.1 Å². The number of alkyl halides is 6. The number of hydrogen-bond donors (Lipinski definition) is 1. The third-order valence-corrected chi connectivity index (χ3v) is 5.08. The zero-order valence-electron chi connectivity index (χ0n) is 15.1. The topological polar surface area (TPSA) is 34.1 Å². The van der Waals surface area contributed by atoms with E-state index in [0.29, 0.717) is 24.7 Å². The minimum absolute atomic E-state index is 0.0996. The number of nitrogens with one attached hydrogen (secondary N) is 1. The van der Waals surface area contributed by atoms with E-state index in [4.69, 9.17) is 4.74 Å². The van der Waals surface area contributed by atoms with Crippen molar-refractivity contribution in [1.82, 2.24) is 10.3 Å². The van der Waals surface area contributed by atoms with E-state index >= 15 is 0 Å². The van der Waals surface area contributed by atoms with Gasteiger partial charge in [-0.25, -0.2) is 0 Å². The standard InChI is InChI=1S/C19H18F6N2O/c1-11-7-17(11,26-2)10-28-16-5-13(8-27-9-16)12-3-14(18(20,21)22)6-15(4-12)19(23,24)25/h3-6,8-9,11,26H,7,10H2,1-2H3/t11-,17-/m1/s1. The number of hydrogen-bond acceptors (Lipinski definition) is 3. The van der Waals surface area contributed by atoms with E-state index in [1.807, 2.05) is 7.05 Å². The van der Waals surface area contributed by atoms with E-state index in [-0.39, 0.29) is 28.5 Å². The Morgan fingerprint density at radius 1 is 1.00 bits per heavy atom. The summed E-state index contributed by atoms with van der Waals surface area (Å²) in [6, 6.07) is 2.84. The fourth-order valence-electron chi connectivity index (χ4n) is 3.10. The summed E-state index contributed by atoms with van der Waals surface area (Å²) in [5.74, 6) is 0.684. The minimum Gasteiger partial charge on any atom is -0.490 e.